The molecule has 0 bridgehead atoms. The minimum Gasteiger partial charge on any atom is -0.479 e. The quantitative estimate of drug-likeness (QED) is 0.705. The van der Waals surface area contributed by atoms with E-state index >= 15 is 0 Å². The molecule has 5 nitrogen and oxygen atoms in total. The van der Waals surface area contributed by atoms with Gasteiger partial charge in [0.05, 0.1) is 12.2 Å². The molecule has 25 heavy (non-hydrogen) atoms. The number of nitriles is 1. The number of halogens is 1. The normalized spacial score (nSPS) is 10.2. The molecule has 0 amide bonds. The summed E-state index contributed by atoms with van der Waals surface area (Å²) in [6.07, 6.45) is 0. The van der Waals surface area contributed by atoms with Crippen molar-refractivity contribution in [3.05, 3.63) is 81.6 Å². The van der Waals surface area contributed by atoms with Gasteiger partial charge >= 0.3 is 0 Å². The maximum absolute atomic E-state index is 12.1. The third kappa shape index (κ3) is 4.25. The zero-order chi connectivity index (χ0) is 17.6. The zero-order valence-electron chi connectivity index (χ0n) is 13.2. The Labute approximate surface area is 149 Å². The Bertz CT molecular complexity index is 958. The molecule has 6 heteroatoms. The predicted molar refractivity (Wildman–Crippen MR) is 95.6 cm³/mol. The fraction of sp³-hybridized carbons (Fsp3) is 0.105. The first-order valence-electron chi connectivity index (χ1n) is 7.58. The van der Waals surface area contributed by atoms with Crippen molar-refractivity contribution in [1.82, 2.24) is 9.78 Å². The molecule has 3 aromatic rings. The van der Waals surface area contributed by atoms with Crippen molar-refractivity contribution in [3.63, 3.8) is 0 Å². The lowest BCUT2D eigenvalue weighted by atomic mass is 10.1. The van der Waals surface area contributed by atoms with Crippen LogP contribution in [0.4, 0.5) is 0 Å². The van der Waals surface area contributed by atoms with Gasteiger partial charge in [0, 0.05) is 16.7 Å². The molecule has 124 valence electrons. The largest absolute Gasteiger partial charge is 0.479 e. The third-order valence-electron chi connectivity index (χ3n) is 3.57. The maximum Gasteiger partial charge on any atom is 0.267 e. The van der Waals surface area contributed by atoms with Crippen LogP contribution in [0.1, 0.15) is 5.56 Å². The van der Waals surface area contributed by atoms with Crippen LogP contribution in [0.2, 0.25) is 5.02 Å². The van der Waals surface area contributed by atoms with Crippen molar-refractivity contribution in [2.24, 2.45) is 0 Å². The fourth-order valence-electron chi connectivity index (χ4n) is 2.32. The minimum atomic E-state index is -0.173. The lowest BCUT2D eigenvalue weighted by Crippen LogP contribution is -2.22. The molecule has 3 rings (SSSR count). The minimum absolute atomic E-state index is 0.00354. The van der Waals surface area contributed by atoms with Crippen molar-refractivity contribution in [1.29, 1.82) is 5.26 Å². The van der Waals surface area contributed by atoms with Crippen molar-refractivity contribution >= 4 is 11.6 Å². The van der Waals surface area contributed by atoms with Crippen LogP contribution in [0.3, 0.4) is 0 Å². The van der Waals surface area contributed by atoms with Crippen molar-refractivity contribution in [2.45, 2.75) is 6.54 Å². The molecule has 1 heterocycles. The molecule has 0 spiro atoms. The summed E-state index contributed by atoms with van der Waals surface area (Å²) in [7, 11) is 0. The van der Waals surface area contributed by atoms with Crippen LogP contribution >= 0.6 is 11.6 Å². The Balaban J connectivity index is 1.84. The second-order valence-corrected chi connectivity index (χ2v) is 5.75. The van der Waals surface area contributed by atoms with E-state index in [1.165, 1.54) is 10.7 Å². The number of benzene rings is 2. The first kappa shape index (κ1) is 16.7. The second kappa shape index (κ2) is 7.65. The Morgan fingerprint density at radius 3 is 2.44 bits per heavy atom. The van der Waals surface area contributed by atoms with E-state index in [4.69, 9.17) is 21.6 Å². The summed E-state index contributed by atoms with van der Waals surface area (Å²) in [4.78, 5) is 12.1. The molecule has 2 aromatic carbocycles. The van der Waals surface area contributed by atoms with Gasteiger partial charge < -0.3 is 4.74 Å². The summed E-state index contributed by atoms with van der Waals surface area (Å²) in [5.41, 5.74) is 2.30. The van der Waals surface area contributed by atoms with Crippen LogP contribution in [-0.2, 0) is 6.54 Å². The molecule has 0 fully saturated rings. The average Bonchev–Trinajstić information content (AvgIpc) is 2.64. The monoisotopic (exact) mass is 351 g/mol. The fourth-order valence-corrected chi connectivity index (χ4v) is 2.44. The Morgan fingerprint density at radius 2 is 1.76 bits per heavy atom. The maximum atomic E-state index is 12.1. The molecule has 0 N–H and O–H groups in total. The van der Waals surface area contributed by atoms with Gasteiger partial charge in [0.15, 0.2) is 6.61 Å². The lowest BCUT2D eigenvalue weighted by Gasteiger charge is -2.08. The molecule has 0 aliphatic heterocycles. The van der Waals surface area contributed by atoms with Crippen LogP contribution in [-0.4, -0.2) is 16.4 Å². The Morgan fingerprint density at radius 1 is 1.04 bits per heavy atom. The first-order valence-corrected chi connectivity index (χ1v) is 7.96. The van der Waals surface area contributed by atoms with Crippen molar-refractivity contribution < 1.29 is 4.74 Å². The topological polar surface area (TPSA) is 67.9 Å². The van der Waals surface area contributed by atoms with Gasteiger partial charge in [0.1, 0.15) is 11.8 Å². The van der Waals surface area contributed by atoms with E-state index in [2.05, 4.69) is 5.10 Å². The highest BCUT2D eigenvalue weighted by atomic mass is 35.5. The molecule has 0 saturated heterocycles. The Kier molecular flexibility index (Phi) is 5.12. The summed E-state index contributed by atoms with van der Waals surface area (Å²) < 4.78 is 6.65. The SMILES string of the molecule is N#CCOc1ccc(-c2ccc(=O)n(Cc3ccc(Cl)cc3)n2)cc1. The standard InChI is InChI=1S/C19H14ClN3O2/c20-16-5-1-14(2-6-16)13-23-19(24)10-9-18(22-23)15-3-7-17(8-4-15)25-12-11-21/h1-10H,12-13H2. The molecular weight excluding hydrogens is 338 g/mol. The highest BCUT2D eigenvalue weighted by Crippen LogP contribution is 2.20. The summed E-state index contributed by atoms with van der Waals surface area (Å²) >= 11 is 5.88. The summed E-state index contributed by atoms with van der Waals surface area (Å²) in [6, 6.07) is 19.6. The molecule has 0 radical (unpaired) electrons. The highest BCUT2D eigenvalue weighted by Gasteiger charge is 2.05. The lowest BCUT2D eigenvalue weighted by molar-refractivity contribution is 0.368. The molecule has 0 atom stereocenters. The van der Waals surface area contributed by atoms with Crippen LogP contribution in [0.15, 0.2) is 65.5 Å². The smallest absolute Gasteiger partial charge is 0.267 e. The van der Waals surface area contributed by atoms with Crippen LogP contribution in [0.25, 0.3) is 11.3 Å². The van der Waals surface area contributed by atoms with Crippen molar-refractivity contribution in [2.75, 3.05) is 6.61 Å². The number of hydrogen-bond donors (Lipinski definition) is 0. The van der Waals surface area contributed by atoms with Gasteiger partial charge in [-0.25, -0.2) is 4.68 Å². The van der Waals surface area contributed by atoms with E-state index in [9.17, 15) is 4.79 Å². The van der Waals surface area contributed by atoms with Gasteiger partial charge in [-0.1, -0.05) is 23.7 Å². The summed E-state index contributed by atoms with van der Waals surface area (Å²) in [6.45, 7) is 0.372. The van der Waals surface area contributed by atoms with E-state index in [0.29, 0.717) is 23.0 Å². The van der Waals surface area contributed by atoms with Gasteiger partial charge in [0.25, 0.3) is 5.56 Å². The van der Waals surface area contributed by atoms with E-state index in [1.54, 1.807) is 30.3 Å². The Hall–Kier alpha value is -3.10. The van der Waals surface area contributed by atoms with E-state index < -0.39 is 0 Å². The molecule has 0 saturated carbocycles. The molecule has 0 aliphatic rings. The van der Waals surface area contributed by atoms with E-state index in [1.807, 2.05) is 30.3 Å². The van der Waals surface area contributed by atoms with Gasteiger partial charge in [0.2, 0.25) is 0 Å². The molecule has 0 unspecified atom stereocenters. The first-order chi connectivity index (χ1) is 12.2. The predicted octanol–water partition coefficient (Wildman–Crippen LogP) is 3.51. The van der Waals surface area contributed by atoms with Crippen LogP contribution < -0.4 is 10.3 Å². The van der Waals surface area contributed by atoms with Gasteiger partial charge in [-0.15, -0.1) is 0 Å². The molecule has 0 aliphatic carbocycles. The summed E-state index contributed by atoms with van der Waals surface area (Å²) in [5, 5.41) is 13.6. The van der Waals surface area contributed by atoms with E-state index in [-0.39, 0.29) is 12.2 Å². The summed E-state index contributed by atoms with van der Waals surface area (Å²) in [5.74, 6) is 0.611. The van der Waals surface area contributed by atoms with Crippen molar-refractivity contribution in [3.8, 4) is 23.1 Å². The van der Waals surface area contributed by atoms with Crippen LogP contribution in [0, 0.1) is 11.3 Å². The zero-order valence-corrected chi connectivity index (χ0v) is 14.0. The molecular formula is C19H14ClN3O2. The number of ether oxygens (including phenoxy) is 1. The van der Waals surface area contributed by atoms with Crippen LogP contribution in [0.5, 0.6) is 5.75 Å². The number of nitrogens with zero attached hydrogens (tertiary/aromatic N) is 3. The van der Waals surface area contributed by atoms with Gasteiger partial charge in [-0.05, 0) is 48.0 Å². The average molecular weight is 352 g/mol. The van der Waals surface area contributed by atoms with Gasteiger partial charge in [-0.3, -0.25) is 4.79 Å². The number of aromatic nitrogens is 2. The van der Waals surface area contributed by atoms with Gasteiger partial charge in [-0.2, -0.15) is 10.4 Å². The third-order valence-corrected chi connectivity index (χ3v) is 3.82. The second-order valence-electron chi connectivity index (χ2n) is 5.31. The number of rotatable bonds is 5. The highest BCUT2D eigenvalue weighted by molar-refractivity contribution is 6.30. The molecule has 1 aromatic heterocycles. The number of hydrogen-bond acceptors (Lipinski definition) is 4. The van der Waals surface area contributed by atoms with E-state index in [0.717, 1.165) is 11.1 Å².